The van der Waals surface area contributed by atoms with Crippen LogP contribution >= 0.6 is 0 Å². The van der Waals surface area contributed by atoms with Gasteiger partial charge in [0.25, 0.3) is 0 Å². The third-order valence-electron chi connectivity index (χ3n) is 15.2. The highest BCUT2D eigenvalue weighted by Crippen LogP contribution is 2.18. The first kappa shape index (κ1) is 71.9. The zero-order valence-electron chi connectivity index (χ0n) is 50.1. The number of hydrogen-bond donors (Lipinski definition) is 0. The van der Waals surface area contributed by atoms with Crippen LogP contribution in [0.15, 0.2) is 24.3 Å². The molecule has 0 rings (SSSR count). The van der Waals surface area contributed by atoms with Crippen LogP contribution in [0.25, 0.3) is 0 Å². The third kappa shape index (κ3) is 60.8. The molecule has 74 heavy (non-hydrogen) atoms. The minimum absolute atomic E-state index is 0.0682. The van der Waals surface area contributed by atoms with Gasteiger partial charge in [0.15, 0.2) is 6.10 Å². The van der Waals surface area contributed by atoms with Crippen molar-refractivity contribution in [2.45, 2.75) is 380 Å². The maximum absolute atomic E-state index is 12.9. The Kier molecular flexibility index (Phi) is 61.6. The maximum atomic E-state index is 12.9. The number of ether oxygens (including phenoxy) is 3. The highest BCUT2D eigenvalue weighted by molar-refractivity contribution is 5.71. The molecule has 0 bridgehead atoms. The summed E-state index contributed by atoms with van der Waals surface area (Å²) < 4.78 is 17.0. The molecule has 0 aliphatic rings. The lowest BCUT2D eigenvalue weighted by Crippen LogP contribution is -2.30. The molecule has 436 valence electrons. The summed E-state index contributed by atoms with van der Waals surface area (Å²) in [6, 6.07) is 0. The van der Waals surface area contributed by atoms with E-state index in [9.17, 15) is 14.4 Å². The standard InChI is InChI=1S/C68H128O6/c1-4-7-10-13-16-19-22-25-28-31-32-33-34-35-38-40-43-46-49-52-55-58-61-67(70)73-64-65(74-68(71)62-59-56-53-50-47-44-41-37-30-27-24-21-18-15-12-9-6-3)63-72-66(69)60-57-54-51-48-45-42-39-36-29-26-23-20-17-14-11-8-5-2/h18,21,27,30,65H,4-17,19-20,22-26,28-29,31-64H2,1-3H3/b21-18-,30-27-. The van der Waals surface area contributed by atoms with E-state index in [0.717, 1.165) is 70.6 Å². The van der Waals surface area contributed by atoms with Crippen LogP contribution in [0, 0.1) is 0 Å². The fourth-order valence-corrected chi connectivity index (χ4v) is 10.2. The summed E-state index contributed by atoms with van der Waals surface area (Å²) in [5.41, 5.74) is 0. The summed E-state index contributed by atoms with van der Waals surface area (Å²) in [5.74, 6) is -0.845. The third-order valence-corrected chi connectivity index (χ3v) is 15.2. The van der Waals surface area contributed by atoms with Gasteiger partial charge < -0.3 is 14.2 Å². The minimum Gasteiger partial charge on any atom is -0.462 e. The fourth-order valence-electron chi connectivity index (χ4n) is 10.2. The summed E-state index contributed by atoms with van der Waals surface area (Å²) in [6.07, 6.45) is 76.2. The molecule has 0 spiro atoms. The number of unbranched alkanes of at least 4 members (excludes halogenated alkanes) is 47. The Morgan fingerprint density at radius 3 is 0.770 bits per heavy atom. The molecule has 0 saturated heterocycles. The summed E-state index contributed by atoms with van der Waals surface area (Å²) in [5, 5.41) is 0. The molecule has 6 nitrogen and oxygen atoms in total. The van der Waals surface area contributed by atoms with E-state index in [1.54, 1.807) is 0 Å². The van der Waals surface area contributed by atoms with E-state index in [4.69, 9.17) is 14.2 Å². The predicted molar refractivity (Wildman–Crippen MR) is 321 cm³/mol. The van der Waals surface area contributed by atoms with Gasteiger partial charge >= 0.3 is 17.9 Å². The molecule has 1 atom stereocenters. The van der Waals surface area contributed by atoms with E-state index < -0.39 is 6.10 Å². The fraction of sp³-hybridized carbons (Fsp3) is 0.897. The number of esters is 3. The van der Waals surface area contributed by atoms with E-state index in [1.165, 1.54) is 263 Å². The topological polar surface area (TPSA) is 78.9 Å². The molecule has 0 fully saturated rings. The van der Waals surface area contributed by atoms with Crippen LogP contribution < -0.4 is 0 Å². The number of carbonyl (C=O) groups is 3. The van der Waals surface area contributed by atoms with Crippen molar-refractivity contribution in [3.63, 3.8) is 0 Å². The van der Waals surface area contributed by atoms with Gasteiger partial charge in [-0.2, -0.15) is 0 Å². The number of rotatable bonds is 62. The zero-order chi connectivity index (χ0) is 53.6. The Hall–Kier alpha value is -2.11. The highest BCUT2D eigenvalue weighted by Gasteiger charge is 2.19. The lowest BCUT2D eigenvalue weighted by Gasteiger charge is -2.18. The van der Waals surface area contributed by atoms with Crippen molar-refractivity contribution in [1.29, 1.82) is 0 Å². The number of hydrogen-bond acceptors (Lipinski definition) is 6. The average Bonchev–Trinajstić information content (AvgIpc) is 3.40. The molecular weight excluding hydrogens is 913 g/mol. The van der Waals surface area contributed by atoms with Crippen molar-refractivity contribution < 1.29 is 28.6 Å². The van der Waals surface area contributed by atoms with E-state index in [0.29, 0.717) is 19.3 Å². The van der Waals surface area contributed by atoms with Crippen LogP contribution in [0.4, 0.5) is 0 Å². The molecule has 0 aliphatic carbocycles. The van der Waals surface area contributed by atoms with Crippen molar-refractivity contribution in [3.05, 3.63) is 24.3 Å². The molecule has 0 radical (unpaired) electrons. The van der Waals surface area contributed by atoms with Crippen LogP contribution in [-0.4, -0.2) is 37.2 Å². The number of allylic oxidation sites excluding steroid dienone is 4. The maximum Gasteiger partial charge on any atom is 0.306 e. The Balaban J connectivity index is 4.29. The first-order valence-corrected chi connectivity index (χ1v) is 33.3. The molecule has 0 saturated carbocycles. The predicted octanol–water partition coefficient (Wildman–Crippen LogP) is 22.6. The van der Waals surface area contributed by atoms with Gasteiger partial charge in [0, 0.05) is 19.3 Å². The van der Waals surface area contributed by atoms with Gasteiger partial charge in [-0.05, 0) is 51.4 Å². The van der Waals surface area contributed by atoms with Gasteiger partial charge in [-0.3, -0.25) is 14.4 Å². The largest absolute Gasteiger partial charge is 0.462 e. The van der Waals surface area contributed by atoms with Crippen molar-refractivity contribution in [1.82, 2.24) is 0 Å². The lowest BCUT2D eigenvalue weighted by molar-refractivity contribution is -0.167. The van der Waals surface area contributed by atoms with Gasteiger partial charge in [0.2, 0.25) is 0 Å². The summed E-state index contributed by atoms with van der Waals surface area (Å²) in [4.78, 5) is 38.4. The van der Waals surface area contributed by atoms with Crippen LogP contribution in [0.5, 0.6) is 0 Å². The smallest absolute Gasteiger partial charge is 0.306 e. The molecule has 1 unspecified atom stereocenters. The van der Waals surface area contributed by atoms with Crippen molar-refractivity contribution >= 4 is 17.9 Å². The SMILES string of the molecule is CCCCC/C=C\C/C=C\CCCCCCCCCC(=O)OC(COC(=O)CCCCCCCCCCCCCCCCCCC)COC(=O)CCCCCCCCCCCCCCCCCCCCCCCC. The highest BCUT2D eigenvalue weighted by atomic mass is 16.6. The number of carbonyl (C=O) groups excluding carboxylic acids is 3. The lowest BCUT2D eigenvalue weighted by atomic mass is 10.0. The Bertz CT molecular complexity index is 1190. The zero-order valence-corrected chi connectivity index (χ0v) is 50.1. The Morgan fingerprint density at radius 2 is 0.486 bits per heavy atom. The minimum atomic E-state index is -0.772. The van der Waals surface area contributed by atoms with Gasteiger partial charge in [-0.15, -0.1) is 0 Å². The van der Waals surface area contributed by atoms with Gasteiger partial charge in [-0.25, -0.2) is 0 Å². The van der Waals surface area contributed by atoms with E-state index >= 15 is 0 Å². The second kappa shape index (κ2) is 63.4. The molecule has 0 aromatic carbocycles. The first-order valence-electron chi connectivity index (χ1n) is 33.3. The molecule has 0 aliphatic heterocycles. The first-order chi connectivity index (χ1) is 36.5. The van der Waals surface area contributed by atoms with Crippen molar-refractivity contribution in [2.75, 3.05) is 13.2 Å². The molecule has 0 aromatic rings. The molecule has 6 heteroatoms. The quantitative estimate of drug-likeness (QED) is 0.0261. The van der Waals surface area contributed by atoms with Crippen LogP contribution in [-0.2, 0) is 28.6 Å². The molecule has 0 amide bonds. The Morgan fingerprint density at radius 1 is 0.270 bits per heavy atom. The monoisotopic (exact) mass is 1040 g/mol. The van der Waals surface area contributed by atoms with Gasteiger partial charge in [-0.1, -0.05) is 328 Å². The second-order valence-corrected chi connectivity index (χ2v) is 22.7. The van der Waals surface area contributed by atoms with Crippen LogP contribution in [0.1, 0.15) is 374 Å². The van der Waals surface area contributed by atoms with E-state index in [2.05, 4.69) is 45.1 Å². The molecule has 0 N–H and O–H groups in total. The second-order valence-electron chi connectivity index (χ2n) is 22.7. The van der Waals surface area contributed by atoms with E-state index in [-0.39, 0.29) is 31.1 Å². The van der Waals surface area contributed by atoms with Gasteiger partial charge in [0.1, 0.15) is 13.2 Å². The van der Waals surface area contributed by atoms with Crippen LogP contribution in [0.2, 0.25) is 0 Å². The molecular formula is C68H128O6. The summed E-state index contributed by atoms with van der Waals surface area (Å²) >= 11 is 0. The normalized spacial score (nSPS) is 12.1. The van der Waals surface area contributed by atoms with Crippen molar-refractivity contribution in [3.8, 4) is 0 Å². The summed E-state index contributed by atoms with van der Waals surface area (Å²) in [7, 11) is 0. The van der Waals surface area contributed by atoms with Gasteiger partial charge in [0.05, 0.1) is 0 Å². The molecule has 0 heterocycles. The van der Waals surface area contributed by atoms with Crippen LogP contribution in [0.3, 0.4) is 0 Å². The molecule has 0 aromatic heterocycles. The van der Waals surface area contributed by atoms with Crippen molar-refractivity contribution in [2.24, 2.45) is 0 Å². The average molecular weight is 1040 g/mol. The summed E-state index contributed by atoms with van der Waals surface area (Å²) in [6.45, 7) is 6.69. The van der Waals surface area contributed by atoms with E-state index in [1.807, 2.05) is 0 Å². The Labute approximate surface area is 462 Å².